The fourth-order valence-electron chi connectivity index (χ4n) is 3.62. The first-order valence-electron chi connectivity index (χ1n) is 8.21. The molecule has 1 aliphatic heterocycles. The van der Waals surface area contributed by atoms with E-state index in [0.717, 1.165) is 11.8 Å². The number of ether oxygens (including phenoxy) is 1. The Balaban J connectivity index is 1.94. The molecule has 0 bridgehead atoms. The maximum Gasteiger partial charge on any atom is 0.328 e. The van der Waals surface area contributed by atoms with Crippen LogP contribution >= 0.6 is 0 Å². The second-order valence-electron chi connectivity index (χ2n) is 6.55. The number of hydrogen-bond donors (Lipinski definition) is 0. The zero-order chi connectivity index (χ0) is 18.4. The minimum absolute atomic E-state index is 0.0729. The van der Waals surface area contributed by atoms with E-state index in [9.17, 15) is 18.0 Å². The molecule has 0 spiro atoms. The molecule has 1 aliphatic carbocycles. The van der Waals surface area contributed by atoms with Gasteiger partial charge in [0.1, 0.15) is 6.04 Å². The van der Waals surface area contributed by atoms with Crippen molar-refractivity contribution in [1.82, 2.24) is 4.90 Å². The highest BCUT2D eigenvalue weighted by Gasteiger charge is 2.53. The molecule has 0 N–H and O–H groups in total. The van der Waals surface area contributed by atoms with Crippen LogP contribution in [0, 0.1) is 5.92 Å². The van der Waals surface area contributed by atoms with Gasteiger partial charge in [0.05, 0.1) is 11.5 Å². The molecule has 3 atom stereocenters. The lowest BCUT2D eigenvalue weighted by Crippen LogP contribution is -2.49. The van der Waals surface area contributed by atoms with Gasteiger partial charge in [-0.3, -0.25) is 4.79 Å². The SMILES string of the molecule is C=C1C[C@@H]2[C@H]1C[C@H](C(=O)OCC)N2C(=O)c1cccc(S(C)(=O)=O)c1. The average molecular weight is 363 g/mol. The Morgan fingerprint density at radius 3 is 2.68 bits per heavy atom. The first-order chi connectivity index (χ1) is 11.7. The van der Waals surface area contributed by atoms with E-state index in [0.29, 0.717) is 12.8 Å². The van der Waals surface area contributed by atoms with Gasteiger partial charge in [-0.05, 0) is 38.0 Å². The van der Waals surface area contributed by atoms with E-state index >= 15 is 0 Å². The molecule has 1 heterocycles. The standard InChI is InChI=1S/C18H21NO5S/c1-4-24-18(21)16-10-14-11(2)8-15(14)19(16)17(20)12-6-5-7-13(9-12)25(3,22)23/h5-7,9,14-16H,2,4,8,10H2,1,3H3/t14-,15+,16+/m0/s1. The number of fused-ring (bicyclic) bond motifs is 1. The number of esters is 1. The third-order valence-electron chi connectivity index (χ3n) is 4.93. The number of carbonyl (C=O) groups excluding carboxylic acids is 2. The number of hydrogen-bond acceptors (Lipinski definition) is 5. The van der Waals surface area contributed by atoms with Gasteiger partial charge in [0.15, 0.2) is 9.84 Å². The third-order valence-corrected chi connectivity index (χ3v) is 6.04. The fraction of sp³-hybridized carbons (Fsp3) is 0.444. The number of nitrogens with zero attached hydrogens (tertiary/aromatic N) is 1. The minimum Gasteiger partial charge on any atom is -0.464 e. The molecule has 7 heteroatoms. The highest BCUT2D eigenvalue weighted by molar-refractivity contribution is 7.90. The van der Waals surface area contributed by atoms with Gasteiger partial charge in [-0.2, -0.15) is 0 Å². The van der Waals surface area contributed by atoms with Crippen LogP contribution in [0.2, 0.25) is 0 Å². The Bertz CT molecular complexity index is 845. The minimum atomic E-state index is -3.42. The van der Waals surface area contributed by atoms with Crippen LogP contribution in [0.3, 0.4) is 0 Å². The number of amides is 1. The largest absolute Gasteiger partial charge is 0.464 e. The molecule has 3 rings (SSSR count). The maximum absolute atomic E-state index is 13.0. The monoisotopic (exact) mass is 363 g/mol. The van der Waals surface area contributed by atoms with Gasteiger partial charge in [-0.25, -0.2) is 13.2 Å². The van der Waals surface area contributed by atoms with Crippen LogP contribution in [0.15, 0.2) is 41.3 Å². The molecule has 1 saturated heterocycles. The van der Waals surface area contributed by atoms with Crippen molar-refractivity contribution in [2.75, 3.05) is 12.9 Å². The van der Waals surface area contributed by atoms with Gasteiger partial charge in [0, 0.05) is 23.8 Å². The van der Waals surface area contributed by atoms with Crippen LogP contribution in [-0.2, 0) is 19.4 Å². The summed E-state index contributed by atoms with van der Waals surface area (Å²) in [7, 11) is -3.42. The summed E-state index contributed by atoms with van der Waals surface area (Å²) < 4.78 is 28.6. The van der Waals surface area contributed by atoms with Crippen molar-refractivity contribution in [2.45, 2.75) is 36.7 Å². The predicted molar refractivity (Wildman–Crippen MR) is 91.8 cm³/mol. The Hall–Kier alpha value is -2.15. The highest BCUT2D eigenvalue weighted by atomic mass is 32.2. The number of likely N-dealkylation sites (tertiary alicyclic amines) is 1. The molecule has 1 saturated carbocycles. The molecule has 1 amide bonds. The number of sulfone groups is 1. The van der Waals surface area contributed by atoms with Crippen molar-refractivity contribution < 1.29 is 22.7 Å². The van der Waals surface area contributed by atoms with Crippen molar-refractivity contribution in [3.05, 3.63) is 42.0 Å². The van der Waals surface area contributed by atoms with Crippen LogP contribution in [-0.4, -0.2) is 50.1 Å². The summed E-state index contributed by atoms with van der Waals surface area (Å²) in [6, 6.07) is 5.20. The van der Waals surface area contributed by atoms with Crippen molar-refractivity contribution in [1.29, 1.82) is 0 Å². The van der Waals surface area contributed by atoms with E-state index < -0.39 is 21.8 Å². The molecule has 1 aromatic carbocycles. The van der Waals surface area contributed by atoms with E-state index in [1.165, 1.54) is 18.2 Å². The molecule has 0 radical (unpaired) electrons. The van der Waals surface area contributed by atoms with Gasteiger partial charge in [-0.15, -0.1) is 0 Å². The van der Waals surface area contributed by atoms with E-state index in [1.807, 2.05) is 0 Å². The summed E-state index contributed by atoms with van der Waals surface area (Å²) in [5.41, 5.74) is 1.30. The normalized spacial score (nSPS) is 25.3. The van der Waals surface area contributed by atoms with Crippen LogP contribution in [0.25, 0.3) is 0 Å². The first-order valence-corrected chi connectivity index (χ1v) is 10.1. The zero-order valence-corrected chi connectivity index (χ0v) is 15.1. The third kappa shape index (κ3) is 3.08. The van der Waals surface area contributed by atoms with Crippen molar-refractivity contribution in [3.8, 4) is 0 Å². The zero-order valence-electron chi connectivity index (χ0n) is 14.3. The number of carbonyl (C=O) groups is 2. The molecule has 134 valence electrons. The number of rotatable bonds is 4. The molecule has 1 aromatic rings. The summed E-state index contributed by atoms with van der Waals surface area (Å²) in [5.74, 6) is -0.655. The van der Waals surface area contributed by atoms with Gasteiger partial charge in [-0.1, -0.05) is 18.2 Å². The lowest BCUT2D eigenvalue weighted by atomic mass is 9.75. The maximum atomic E-state index is 13.0. The molecule has 0 aromatic heterocycles. The Morgan fingerprint density at radius 2 is 2.08 bits per heavy atom. The van der Waals surface area contributed by atoms with Gasteiger partial charge < -0.3 is 9.64 Å². The Morgan fingerprint density at radius 1 is 1.36 bits per heavy atom. The molecule has 6 nitrogen and oxygen atoms in total. The van der Waals surface area contributed by atoms with Crippen molar-refractivity contribution in [3.63, 3.8) is 0 Å². The smallest absolute Gasteiger partial charge is 0.328 e. The predicted octanol–water partition coefficient (Wildman–Crippen LogP) is 1.81. The average Bonchev–Trinajstić information content (AvgIpc) is 2.87. The molecule has 2 fully saturated rings. The Labute approximate surface area is 147 Å². The van der Waals surface area contributed by atoms with E-state index in [4.69, 9.17) is 4.74 Å². The second-order valence-corrected chi connectivity index (χ2v) is 8.57. The van der Waals surface area contributed by atoms with E-state index in [1.54, 1.807) is 17.9 Å². The summed E-state index contributed by atoms with van der Waals surface area (Å²) in [6.45, 7) is 5.96. The van der Waals surface area contributed by atoms with Gasteiger partial charge in [0.25, 0.3) is 5.91 Å². The van der Waals surface area contributed by atoms with Crippen molar-refractivity contribution in [2.24, 2.45) is 5.92 Å². The summed E-state index contributed by atoms with van der Waals surface area (Å²) in [5, 5.41) is 0. The Kier molecular flexibility index (Phi) is 4.45. The summed E-state index contributed by atoms with van der Waals surface area (Å²) >= 11 is 0. The lowest BCUT2D eigenvalue weighted by Gasteiger charge is -2.38. The van der Waals surface area contributed by atoms with Crippen molar-refractivity contribution >= 4 is 21.7 Å². The topological polar surface area (TPSA) is 80.8 Å². The molecule has 25 heavy (non-hydrogen) atoms. The fourth-order valence-corrected chi connectivity index (χ4v) is 4.29. The number of benzene rings is 1. The molecule has 2 aliphatic rings. The summed E-state index contributed by atoms with van der Waals surface area (Å²) in [6.07, 6.45) is 2.28. The van der Waals surface area contributed by atoms with Crippen LogP contribution < -0.4 is 0 Å². The quantitative estimate of drug-likeness (QED) is 0.602. The van der Waals surface area contributed by atoms with Crippen LogP contribution in [0.4, 0.5) is 0 Å². The first kappa shape index (κ1) is 17.7. The highest BCUT2D eigenvalue weighted by Crippen LogP contribution is 2.47. The van der Waals surface area contributed by atoms with E-state index in [-0.39, 0.29) is 34.9 Å². The van der Waals surface area contributed by atoms with E-state index in [2.05, 4.69) is 6.58 Å². The van der Waals surface area contributed by atoms with Crippen LogP contribution in [0.1, 0.15) is 30.1 Å². The molecule has 0 unspecified atom stereocenters. The van der Waals surface area contributed by atoms with Gasteiger partial charge in [0.2, 0.25) is 0 Å². The molecular weight excluding hydrogens is 342 g/mol. The van der Waals surface area contributed by atoms with Crippen LogP contribution in [0.5, 0.6) is 0 Å². The second kappa shape index (κ2) is 6.29. The summed E-state index contributed by atoms with van der Waals surface area (Å²) in [4.78, 5) is 27.0. The lowest BCUT2D eigenvalue weighted by molar-refractivity contribution is -0.148. The van der Waals surface area contributed by atoms with Gasteiger partial charge >= 0.3 is 5.97 Å². The molecular formula is C18H21NO5S.